The molecule has 3 rings (SSSR count). The van der Waals surface area contributed by atoms with Gasteiger partial charge in [-0.2, -0.15) is 0 Å². The summed E-state index contributed by atoms with van der Waals surface area (Å²) < 4.78 is 10.9. The van der Waals surface area contributed by atoms with E-state index in [2.05, 4.69) is 21.2 Å². The SMILES string of the molecule is COc1cccc(CN(C)Cc2nnc(C3CC3)o2)c1. The van der Waals surface area contributed by atoms with Crippen molar-refractivity contribution >= 4 is 0 Å². The van der Waals surface area contributed by atoms with Gasteiger partial charge in [0.2, 0.25) is 11.8 Å². The van der Waals surface area contributed by atoms with Crippen molar-refractivity contribution in [1.29, 1.82) is 0 Å². The van der Waals surface area contributed by atoms with Crippen molar-refractivity contribution in [2.75, 3.05) is 14.2 Å². The van der Waals surface area contributed by atoms with E-state index in [0.717, 1.165) is 18.2 Å². The molecule has 0 amide bonds. The molecule has 5 nitrogen and oxygen atoms in total. The van der Waals surface area contributed by atoms with E-state index in [1.807, 2.05) is 25.2 Å². The summed E-state index contributed by atoms with van der Waals surface area (Å²) in [4.78, 5) is 2.15. The Kier molecular flexibility index (Phi) is 3.69. The van der Waals surface area contributed by atoms with Crippen molar-refractivity contribution < 1.29 is 9.15 Å². The van der Waals surface area contributed by atoms with Crippen LogP contribution in [0.5, 0.6) is 5.75 Å². The van der Waals surface area contributed by atoms with Gasteiger partial charge in [-0.15, -0.1) is 10.2 Å². The van der Waals surface area contributed by atoms with Crippen LogP contribution < -0.4 is 4.74 Å². The highest BCUT2D eigenvalue weighted by atomic mass is 16.5. The Morgan fingerprint density at radius 1 is 1.30 bits per heavy atom. The molecule has 1 aliphatic carbocycles. The summed E-state index contributed by atoms with van der Waals surface area (Å²) in [6, 6.07) is 8.08. The van der Waals surface area contributed by atoms with E-state index in [1.165, 1.54) is 18.4 Å². The normalized spacial score (nSPS) is 14.8. The second kappa shape index (κ2) is 5.63. The summed E-state index contributed by atoms with van der Waals surface area (Å²) >= 11 is 0. The Morgan fingerprint density at radius 3 is 2.90 bits per heavy atom. The highest BCUT2D eigenvalue weighted by Gasteiger charge is 2.29. The first-order valence-electron chi connectivity index (χ1n) is 6.88. The molecule has 0 atom stereocenters. The number of hydrogen-bond acceptors (Lipinski definition) is 5. The van der Waals surface area contributed by atoms with Crippen molar-refractivity contribution in [2.45, 2.75) is 31.8 Å². The maximum absolute atomic E-state index is 5.67. The summed E-state index contributed by atoms with van der Waals surface area (Å²) in [5.74, 6) is 2.89. The third-order valence-corrected chi connectivity index (χ3v) is 3.40. The van der Waals surface area contributed by atoms with E-state index < -0.39 is 0 Å². The van der Waals surface area contributed by atoms with Gasteiger partial charge in [-0.05, 0) is 37.6 Å². The zero-order chi connectivity index (χ0) is 13.9. The molecule has 0 aliphatic heterocycles. The maximum atomic E-state index is 5.67. The van der Waals surface area contributed by atoms with Crippen LogP contribution in [0.25, 0.3) is 0 Å². The first-order chi connectivity index (χ1) is 9.74. The molecule has 20 heavy (non-hydrogen) atoms. The molecule has 5 heteroatoms. The van der Waals surface area contributed by atoms with Crippen LogP contribution in [0.15, 0.2) is 28.7 Å². The number of ether oxygens (including phenoxy) is 1. The zero-order valence-corrected chi connectivity index (χ0v) is 11.9. The van der Waals surface area contributed by atoms with Crippen molar-refractivity contribution in [3.63, 3.8) is 0 Å². The van der Waals surface area contributed by atoms with Gasteiger partial charge in [-0.25, -0.2) is 0 Å². The topological polar surface area (TPSA) is 51.4 Å². The summed E-state index contributed by atoms with van der Waals surface area (Å²) in [6.45, 7) is 1.48. The van der Waals surface area contributed by atoms with E-state index in [9.17, 15) is 0 Å². The maximum Gasteiger partial charge on any atom is 0.230 e. The molecule has 1 aromatic carbocycles. The Balaban J connectivity index is 1.58. The van der Waals surface area contributed by atoms with Crippen LogP contribution in [-0.2, 0) is 13.1 Å². The van der Waals surface area contributed by atoms with Crippen LogP contribution in [0.4, 0.5) is 0 Å². The first-order valence-corrected chi connectivity index (χ1v) is 6.88. The highest BCUT2D eigenvalue weighted by molar-refractivity contribution is 5.28. The molecule has 0 N–H and O–H groups in total. The molecular weight excluding hydrogens is 254 g/mol. The molecular formula is C15H19N3O2. The minimum atomic E-state index is 0.514. The van der Waals surface area contributed by atoms with E-state index in [1.54, 1.807) is 7.11 Å². The molecule has 0 radical (unpaired) electrons. The number of hydrogen-bond donors (Lipinski definition) is 0. The smallest absolute Gasteiger partial charge is 0.230 e. The summed E-state index contributed by atoms with van der Waals surface area (Å²) in [6.07, 6.45) is 2.36. The zero-order valence-electron chi connectivity index (χ0n) is 11.9. The lowest BCUT2D eigenvalue weighted by Crippen LogP contribution is -2.17. The average molecular weight is 273 g/mol. The fourth-order valence-corrected chi connectivity index (χ4v) is 2.20. The molecule has 106 valence electrons. The Hall–Kier alpha value is -1.88. The third-order valence-electron chi connectivity index (χ3n) is 3.40. The van der Waals surface area contributed by atoms with Crippen molar-refractivity contribution in [3.8, 4) is 5.75 Å². The van der Waals surface area contributed by atoms with Gasteiger partial charge in [-0.1, -0.05) is 12.1 Å². The summed E-state index contributed by atoms with van der Waals surface area (Å²) in [7, 11) is 3.72. The molecule has 0 unspecified atom stereocenters. The van der Waals surface area contributed by atoms with Crippen molar-refractivity contribution in [1.82, 2.24) is 15.1 Å². The minimum Gasteiger partial charge on any atom is -0.497 e. The summed E-state index contributed by atoms with van der Waals surface area (Å²) in [5.41, 5.74) is 1.20. The first kappa shape index (κ1) is 13.1. The minimum absolute atomic E-state index is 0.514. The Morgan fingerprint density at radius 2 is 2.15 bits per heavy atom. The lowest BCUT2D eigenvalue weighted by Gasteiger charge is -2.14. The molecule has 0 spiro atoms. The predicted molar refractivity (Wildman–Crippen MR) is 74.4 cm³/mol. The Labute approximate surface area is 118 Å². The molecule has 0 bridgehead atoms. The van der Waals surface area contributed by atoms with Crippen LogP contribution in [-0.4, -0.2) is 29.3 Å². The van der Waals surface area contributed by atoms with Gasteiger partial charge in [0.05, 0.1) is 13.7 Å². The average Bonchev–Trinajstić information content (AvgIpc) is 3.20. The lowest BCUT2D eigenvalue weighted by molar-refractivity contribution is 0.277. The summed E-state index contributed by atoms with van der Waals surface area (Å²) in [5, 5.41) is 8.21. The van der Waals surface area contributed by atoms with Gasteiger partial charge in [0.1, 0.15) is 5.75 Å². The molecule has 1 heterocycles. The molecule has 1 fully saturated rings. The van der Waals surface area contributed by atoms with Gasteiger partial charge in [0.25, 0.3) is 0 Å². The van der Waals surface area contributed by atoms with Crippen LogP contribution in [0.2, 0.25) is 0 Å². The van der Waals surface area contributed by atoms with Gasteiger partial charge in [0.15, 0.2) is 0 Å². The lowest BCUT2D eigenvalue weighted by atomic mass is 10.2. The van der Waals surface area contributed by atoms with E-state index in [-0.39, 0.29) is 0 Å². The molecule has 0 saturated heterocycles. The highest BCUT2D eigenvalue weighted by Crippen LogP contribution is 2.39. The third kappa shape index (κ3) is 3.17. The molecule has 1 aliphatic rings. The van der Waals surface area contributed by atoms with Gasteiger partial charge in [-0.3, -0.25) is 4.90 Å². The van der Waals surface area contributed by atoms with Crippen LogP contribution in [0.1, 0.15) is 36.1 Å². The number of rotatable bonds is 6. The molecule has 2 aromatic rings. The van der Waals surface area contributed by atoms with Crippen LogP contribution >= 0.6 is 0 Å². The second-order valence-electron chi connectivity index (χ2n) is 5.33. The largest absolute Gasteiger partial charge is 0.497 e. The predicted octanol–water partition coefficient (Wildman–Crippen LogP) is 2.59. The molecule has 1 aromatic heterocycles. The fraction of sp³-hybridized carbons (Fsp3) is 0.467. The van der Waals surface area contributed by atoms with E-state index in [4.69, 9.17) is 9.15 Å². The number of benzene rings is 1. The fourth-order valence-electron chi connectivity index (χ4n) is 2.20. The monoisotopic (exact) mass is 273 g/mol. The Bertz CT molecular complexity index is 578. The second-order valence-corrected chi connectivity index (χ2v) is 5.33. The van der Waals surface area contributed by atoms with Crippen molar-refractivity contribution in [2.24, 2.45) is 0 Å². The van der Waals surface area contributed by atoms with Crippen LogP contribution in [0, 0.1) is 0 Å². The number of nitrogens with zero attached hydrogens (tertiary/aromatic N) is 3. The van der Waals surface area contributed by atoms with E-state index >= 15 is 0 Å². The quantitative estimate of drug-likeness (QED) is 0.809. The van der Waals surface area contributed by atoms with Crippen LogP contribution in [0.3, 0.4) is 0 Å². The van der Waals surface area contributed by atoms with Gasteiger partial charge >= 0.3 is 0 Å². The standard InChI is InChI=1S/C15H19N3O2/c1-18(9-11-4-3-5-13(8-11)19-2)10-14-16-17-15(20-14)12-6-7-12/h3-5,8,12H,6-7,9-10H2,1-2H3. The van der Waals surface area contributed by atoms with Gasteiger partial charge < -0.3 is 9.15 Å². The van der Waals surface area contributed by atoms with Crippen molar-refractivity contribution in [3.05, 3.63) is 41.6 Å². The molecule has 1 saturated carbocycles. The number of aromatic nitrogens is 2. The number of methoxy groups -OCH3 is 1. The van der Waals surface area contributed by atoms with E-state index in [0.29, 0.717) is 18.4 Å². The van der Waals surface area contributed by atoms with Gasteiger partial charge in [0, 0.05) is 12.5 Å².